The van der Waals surface area contributed by atoms with Gasteiger partial charge in [-0.3, -0.25) is 0 Å². The fourth-order valence-corrected chi connectivity index (χ4v) is 3.67. The van der Waals surface area contributed by atoms with E-state index in [9.17, 15) is 5.11 Å². The maximum absolute atomic E-state index is 9.34. The molecule has 6 nitrogen and oxygen atoms in total. The molecular formula is C22H30N4O2S. The predicted molar refractivity (Wildman–Crippen MR) is 124 cm³/mol. The third-order valence-electron chi connectivity index (χ3n) is 5.05. The van der Waals surface area contributed by atoms with Gasteiger partial charge in [0.15, 0.2) is 5.11 Å². The number of ether oxygens (including phenoxy) is 1. The van der Waals surface area contributed by atoms with Crippen LogP contribution in [0.15, 0.2) is 48.5 Å². The average Bonchev–Trinajstić information content (AvgIpc) is 2.74. The quantitative estimate of drug-likeness (QED) is 0.628. The lowest BCUT2D eigenvalue weighted by Gasteiger charge is -2.37. The van der Waals surface area contributed by atoms with E-state index >= 15 is 0 Å². The molecule has 1 heterocycles. The molecule has 0 bridgehead atoms. The first-order chi connectivity index (χ1) is 13.9. The molecule has 1 fully saturated rings. The molecule has 7 heteroatoms. The Kier molecular flexibility index (Phi) is 6.82. The van der Waals surface area contributed by atoms with Crippen LogP contribution in [0.4, 0.5) is 17.1 Å². The molecule has 0 unspecified atom stereocenters. The lowest BCUT2D eigenvalue weighted by molar-refractivity contribution is 0.207. The summed E-state index contributed by atoms with van der Waals surface area (Å²) in [5.41, 5.74) is 2.92. The maximum atomic E-state index is 9.34. The summed E-state index contributed by atoms with van der Waals surface area (Å²) >= 11 is 5.33. The highest BCUT2D eigenvalue weighted by Gasteiger charge is 2.19. The van der Waals surface area contributed by atoms with Crippen LogP contribution in [-0.4, -0.2) is 55.7 Å². The molecule has 0 aliphatic carbocycles. The smallest absolute Gasteiger partial charge is 0.171 e. The Labute approximate surface area is 178 Å². The molecule has 2 aromatic rings. The minimum atomic E-state index is -0.451. The molecule has 156 valence electrons. The van der Waals surface area contributed by atoms with Gasteiger partial charge in [0.05, 0.1) is 19.3 Å². The van der Waals surface area contributed by atoms with Crippen LogP contribution in [0.5, 0.6) is 5.75 Å². The SMILES string of the molecule is COc1ccc(N2CCN(c3ccc(NC(=S)NC(C)(C)CO)cc3)CC2)cc1. The van der Waals surface area contributed by atoms with E-state index in [4.69, 9.17) is 17.0 Å². The summed E-state index contributed by atoms with van der Waals surface area (Å²) in [5, 5.41) is 16.1. The van der Waals surface area contributed by atoms with Crippen molar-refractivity contribution >= 4 is 34.4 Å². The standard InChI is InChI=1S/C22H30N4O2S/c1-22(2,16-27)24-21(29)23-17-4-6-18(7-5-17)25-12-14-26(15-13-25)19-8-10-20(28-3)11-9-19/h4-11,27H,12-16H2,1-3H3,(H2,23,24,29). The number of aliphatic hydroxyl groups is 1. The largest absolute Gasteiger partial charge is 0.497 e. The minimum Gasteiger partial charge on any atom is -0.497 e. The molecule has 3 N–H and O–H groups in total. The van der Waals surface area contributed by atoms with E-state index in [1.165, 1.54) is 11.4 Å². The Bertz CT molecular complexity index is 801. The number of nitrogens with zero attached hydrogens (tertiary/aromatic N) is 2. The molecule has 0 spiro atoms. The van der Waals surface area contributed by atoms with Crippen LogP contribution in [0, 0.1) is 0 Å². The first-order valence-electron chi connectivity index (χ1n) is 9.84. The topological polar surface area (TPSA) is 60.0 Å². The molecule has 1 aliphatic heterocycles. The highest BCUT2D eigenvalue weighted by atomic mass is 32.1. The van der Waals surface area contributed by atoms with Gasteiger partial charge in [0.25, 0.3) is 0 Å². The Morgan fingerprint density at radius 2 is 1.45 bits per heavy atom. The number of thiocarbonyl (C=S) groups is 1. The Morgan fingerprint density at radius 3 is 1.90 bits per heavy atom. The number of nitrogens with one attached hydrogen (secondary N) is 2. The number of hydrogen-bond donors (Lipinski definition) is 3. The van der Waals surface area contributed by atoms with Crippen LogP contribution in [0.25, 0.3) is 0 Å². The molecule has 1 aliphatic rings. The van der Waals surface area contributed by atoms with Gasteiger partial charge in [0.2, 0.25) is 0 Å². The first-order valence-corrected chi connectivity index (χ1v) is 10.2. The highest BCUT2D eigenvalue weighted by molar-refractivity contribution is 7.80. The zero-order valence-electron chi connectivity index (χ0n) is 17.3. The third kappa shape index (κ3) is 5.74. The second-order valence-corrected chi connectivity index (χ2v) is 8.25. The van der Waals surface area contributed by atoms with Crippen LogP contribution in [-0.2, 0) is 0 Å². The van der Waals surface area contributed by atoms with Crippen molar-refractivity contribution in [3.05, 3.63) is 48.5 Å². The van der Waals surface area contributed by atoms with E-state index in [0.29, 0.717) is 5.11 Å². The Hall–Kier alpha value is -2.51. The van der Waals surface area contributed by atoms with E-state index in [2.05, 4.69) is 44.7 Å². The predicted octanol–water partition coefficient (Wildman–Crippen LogP) is 3.08. The molecule has 0 atom stereocenters. The number of anilines is 3. The molecule has 0 amide bonds. The van der Waals surface area contributed by atoms with Crippen LogP contribution in [0.1, 0.15) is 13.8 Å². The molecule has 29 heavy (non-hydrogen) atoms. The number of rotatable bonds is 6. The summed E-state index contributed by atoms with van der Waals surface area (Å²) in [6, 6.07) is 16.5. The number of hydrogen-bond acceptors (Lipinski definition) is 5. The minimum absolute atomic E-state index is 0.0102. The van der Waals surface area contributed by atoms with Gasteiger partial charge in [-0.2, -0.15) is 0 Å². The van der Waals surface area contributed by atoms with E-state index in [1.54, 1.807) is 7.11 Å². The maximum Gasteiger partial charge on any atom is 0.171 e. The Morgan fingerprint density at radius 1 is 0.966 bits per heavy atom. The lowest BCUT2D eigenvalue weighted by atomic mass is 10.1. The summed E-state index contributed by atoms with van der Waals surface area (Å²) < 4.78 is 5.24. The van der Waals surface area contributed by atoms with Crippen molar-refractivity contribution in [1.82, 2.24) is 5.32 Å². The van der Waals surface area contributed by atoms with Crippen LogP contribution in [0.3, 0.4) is 0 Å². The van der Waals surface area contributed by atoms with Gasteiger partial charge in [-0.15, -0.1) is 0 Å². The fourth-order valence-electron chi connectivity index (χ4n) is 3.28. The summed E-state index contributed by atoms with van der Waals surface area (Å²) in [7, 11) is 1.69. The number of aliphatic hydroxyl groups excluding tert-OH is 1. The van der Waals surface area contributed by atoms with Gasteiger partial charge in [-0.05, 0) is 74.6 Å². The third-order valence-corrected chi connectivity index (χ3v) is 5.26. The molecule has 1 saturated heterocycles. The fraction of sp³-hybridized carbons (Fsp3) is 0.409. The van der Waals surface area contributed by atoms with Gasteiger partial charge in [0, 0.05) is 43.2 Å². The summed E-state index contributed by atoms with van der Waals surface area (Å²) in [6.07, 6.45) is 0. The van der Waals surface area contributed by atoms with Gasteiger partial charge in [-0.25, -0.2) is 0 Å². The van der Waals surface area contributed by atoms with Crippen molar-refractivity contribution < 1.29 is 9.84 Å². The number of piperazine rings is 1. The monoisotopic (exact) mass is 414 g/mol. The average molecular weight is 415 g/mol. The molecule has 0 saturated carbocycles. The molecule has 2 aromatic carbocycles. The summed E-state index contributed by atoms with van der Waals surface area (Å²) in [4.78, 5) is 4.80. The molecule has 0 radical (unpaired) electrons. The normalized spacial score (nSPS) is 14.5. The number of benzene rings is 2. The highest BCUT2D eigenvalue weighted by Crippen LogP contribution is 2.24. The van der Waals surface area contributed by atoms with Crippen molar-refractivity contribution in [3.8, 4) is 5.75 Å². The Balaban J connectivity index is 1.52. The zero-order valence-corrected chi connectivity index (χ0v) is 18.1. The van der Waals surface area contributed by atoms with Gasteiger partial charge >= 0.3 is 0 Å². The van der Waals surface area contributed by atoms with E-state index in [-0.39, 0.29) is 6.61 Å². The first kappa shape index (κ1) is 21.2. The van der Waals surface area contributed by atoms with Crippen molar-refractivity contribution in [2.24, 2.45) is 0 Å². The van der Waals surface area contributed by atoms with Gasteiger partial charge in [0.1, 0.15) is 5.75 Å². The van der Waals surface area contributed by atoms with Crippen molar-refractivity contribution in [3.63, 3.8) is 0 Å². The van der Waals surface area contributed by atoms with E-state index in [0.717, 1.165) is 37.6 Å². The number of methoxy groups -OCH3 is 1. The van der Waals surface area contributed by atoms with E-state index in [1.807, 2.05) is 38.1 Å². The molecular weight excluding hydrogens is 384 g/mol. The lowest BCUT2D eigenvalue weighted by Crippen LogP contribution is -2.48. The molecule has 3 rings (SSSR count). The van der Waals surface area contributed by atoms with Crippen molar-refractivity contribution in [2.75, 3.05) is 55.0 Å². The summed E-state index contributed by atoms with van der Waals surface area (Å²) in [5.74, 6) is 0.885. The zero-order chi connectivity index (χ0) is 20.9. The van der Waals surface area contributed by atoms with Gasteiger partial charge in [-0.1, -0.05) is 0 Å². The molecule has 0 aromatic heterocycles. The van der Waals surface area contributed by atoms with Crippen molar-refractivity contribution in [2.45, 2.75) is 19.4 Å². The van der Waals surface area contributed by atoms with Crippen molar-refractivity contribution in [1.29, 1.82) is 0 Å². The van der Waals surface area contributed by atoms with Crippen LogP contribution >= 0.6 is 12.2 Å². The van der Waals surface area contributed by atoms with Crippen LogP contribution in [0.2, 0.25) is 0 Å². The second-order valence-electron chi connectivity index (χ2n) is 7.84. The van der Waals surface area contributed by atoms with Crippen LogP contribution < -0.4 is 25.2 Å². The summed E-state index contributed by atoms with van der Waals surface area (Å²) in [6.45, 7) is 7.72. The van der Waals surface area contributed by atoms with E-state index < -0.39 is 5.54 Å². The second kappa shape index (κ2) is 9.33. The van der Waals surface area contributed by atoms with Gasteiger partial charge < -0.3 is 30.3 Å².